The van der Waals surface area contributed by atoms with Gasteiger partial charge in [-0.15, -0.1) is 0 Å². The molecule has 1 saturated heterocycles. The number of hydrogen-bond donors (Lipinski definition) is 1. The zero-order valence-electron chi connectivity index (χ0n) is 13.1. The summed E-state index contributed by atoms with van der Waals surface area (Å²) >= 11 is 0. The Morgan fingerprint density at radius 1 is 1.22 bits per heavy atom. The van der Waals surface area contributed by atoms with Gasteiger partial charge in [-0.1, -0.05) is 18.2 Å². The fourth-order valence-electron chi connectivity index (χ4n) is 2.83. The van der Waals surface area contributed by atoms with E-state index in [9.17, 15) is 4.79 Å². The summed E-state index contributed by atoms with van der Waals surface area (Å²) in [4.78, 5) is 23.9. The lowest BCUT2D eigenvalue weighted by Crippen LogP contribution is -2.36. The topological polar surface area (TPSA) is 69.6 Å². The number of rotatable bonds is 4. The van der Waals surface area contributed by atoms with Crippen LogP contribution in [0.25, 0.3) is 0 Å². The van der Waals surface area contributed by atoms with Crippen molar-refractivity contribution in [2.75, 3.05) is 29.9 Å². The van der Waals surface area contributed by atoms with Crippen molar-refractivity contribution in [1.29, 1.82) is 0 Å². The van der Waals surface area contributed by atoms with E-state index in [0.29, 0.717) is 25.9 Å². The number of carboxylic acid groups (broad SMARTS) is 1. The third-order valence-corrected chi connectivity index (χ3v) is 4.29. The Morgan fingerprint density at radius 3 is 2.57 bits per heavy atom. The second-order valence-corrected chi connectivity index (χ2v) is 5.73. The molecule has 0 radical (unpaired) electrons. The lowest BCUT2D eigenvalue weighted by atomic mass is 9.97. The van der Waals surface area contributed by atoms with Crippen LogP contribution in [0.3, 0.4) is 0 Å². The highest BCUT2D eigenvalue weighted by Crippen LogP contribution is 2.26. The monoisotopic (exact) mass is 312 g/mol. The van der Waals surface area contributed by atoms with Gasteiger partial charge < -0.3 is 14.9 Å². The molecule has 0 aliphatic carbocycles. The molecule has 1 aromatic heterocycles. The van der Waals surface area contributed by atoms with Crippen molar-refractivity contribution in [1.82, 2.24) is 9.97 Å². The van der Waals surface area contributed by atoms with Gasteiger partial charge in [-0.05, 0) is 25.0 Å². The molecule has 0 saturated carbocycles. The lowest BCUT2D eigenvalue weighted by Gasteiger charge is -2.31. The molecule has 1 fully saturated rings. The van der Waals surface area contributed by atoms with Crippen LogP contribution >= 0.6 is 0 Å². The maximum atomic E-state index is 11.0. The number of nitrogens with zero attached hydrogens (tertiary/aromatic N) is 4. The van der Waals surface area contributed by atoms with E-state index in [2.05, 4.69) is 14.9 Å². The first kappa shape index (κ1) is 15.3. The van der Waals surface area contributed by atoms with E-state index in [1.165, 1.54) is 0 Å². The van der Waals surface area contributed by atoms with Gasteiger partial charge in [-0.2, -0.15) is 0 Å². The van der Waals surface area contributed by atoms with Gasteiger partial charge in [0, 0.05) is 31.9 Å². The summed E-state index contributed by atoms with van der Waals surface area (Å²) in [6, 6.07) is 12.0. The molecule has 2 heterocycles. The van der Waals surface area contributed by atoms with Crippen LogP contribution in [0.15, 0.2) is 42.7 Å². The van der Waals surface area contributed by atoms with Crippen LogP contribution in [0.1, 0.15) is 12.8 Å². The highest BCUT2D eigenvalue weighted by molar-refractivity contribution is 5.70. The molecule has 0 amide bonds. The van der Waals surface area contributed by atoms with Crippen molar-refractivity contribution in [2.24, 2.45) is 5.92 Å². The molecule has 23 heavy (non-hydrogen) atoms. The smallest absolute Gasteiger partial charge is 0.306 e. The maximum absolute atomic E-state index is 11.0. The van der Waals surface area contributed by atoms with Gasteiger partial charge >= 0.3 is 5.97 Å². The minimum Gasteiger partial charge on any atom is -0.481 e. The molecular weight excluding hydrogens is 292 g/mol. The number of carboxylic acids is 1. The zero-order valence-corrected chi connectivity index (χ0v) is 13.1. The van der Waals surface area contributed by atoms with E-state index in [4.69, 9.17) is 5.11 Å². The predicted octanol–water partition coefficient (Wildman–Crippen LogP) is 2.55. The van der Waals surface area contributed by atoms with Gasteiger partial charge in [0.15, 0.2) is 0 Å². The molecule has 1 N–H and O–H groups in total. The van der Waals surface area contributed by atoms with Crippen molar-refractivity contribution in [2.45, 2.75) is 12.8 Å². The largest absolute Gasteiger partial charge is 0.481 e. The quantitative estimate of drug-likeness (QED) is 0.935. The Kier molecular flexibility index (Phi) is 4.41. The molecule has 1 aliphatic rings. The van der Waals surface area contributed by atoms with Gasteiger partial charge in [0.25, 0.3) is 0 Å². The van der Waals surface area contributed by atoms with Crippen molar-refractivity contribution < 1.29 is 9.90 Å². The van der Waals surface area contributed by atoms with Gasteiger partial charge in [0.1, 0.15) is 18.0 Å². The fraction of sp³-hybridized carbons (Fsp3) is 0.353. The average molecular weight is 312 g/mol. The lowest BCUT2D eigenvalue weighted by molar-refractivity contribution is -0.142. The maximum Gasteiger partial charge on any atom is 0.306 e. The standard InChI is InChI=1S/C17H20N4O2/c1-20(14-5-3-2-4-6-14)15-11-16(19-12-18-15)21-9-7-13(8-10-21)17(22)23/h2-6,11-13H,7-10H2,1H3,(H,22,23). The van der Waals surface area contributed by atoms with E-state index in [1.54, 1.807) is 6.33 Å². The summed E-state index contributed by atoms with van der Waals surface area (Å²) in [6.07, 6.45) is 2.87. The highest BCUT2D eigenvalue weighted by Gasteiger charge is 2.25. The number of anilines is 3. The molecule has 0 bridgehead atoms. The molecule has 1 aromatic carbocycles. The molecule has 3 rings (SSSR count). The van der Waals surface area contributed by atoms with Gasteiger partial charge in [-0.25, -0.2) is 9.97 Å². The van der Waals surface area contributed by atoms with Crippen LogP contribution in [0.5, 0.6) is 0 Å². The van der Waals surface area contributed by atoms with Gasteiger partial charge in [0.05, 0.1) is 5.92 Å². The first-order valence-electron chi connectivity index (χ1n) is 7.74. The second-order valence-electron chi connectivity index (χ2n) is 5.73. The predicted molar refractivity (Wildman–Crippen MR) is 89.1 cm³/mol. The summed E-state index contributed by atoms with van der Waals surface area (Å²) in [6.45, 7) is 1.42. The van der Waals surface area contributed by atoms with E-state index in [-0.39, 0.29) is 5.92 Å². The normalized spacial score (nSPS) is 15.4. The first-order valence-corrected chi connectivity index (χ1v) is 7.74. The van der Waals surface area contributed by atoms with E-state index in [1.807, 2.05) is 48.3 Å². The summed E-state index contributed by atoms with van der Waals surface area (Å²) in [5.74, 6) is 0.736. The zero-order chi connectivity index (χ0) is 16.2. The fourth-order valence-corrected chi connectivity index (χ4v) is 2.83. The molecular formula is C17H20N4O2. The van der Waals surface area contributed by atoms with Crippen molar-refractivity contribution in [3.05, 3.63) is 42.7 Å². The molecule has 6 heteroatoms. The Hall–Kier alpha value is -2.63. The first-order chi connectivity index (χ1) is 11.1. The van der Waals surface area contributed by atoms with E-state index in [0.717, 1.165) is 17.3 Å². The van der Waals surface area contributed by atoms with Gasteiger partial charge in [0.2, 0.25) is 0 Å². The number of hydrogen-bond acceptors (Lipinski definition) is 5. The van der Waals surface area contributed by atoms with Crippen LogP contribution in [0, 0.1) is 5.92 Å². The molecule has 6 nitrogen and oxygen atoms in total. The SMILES string of the molecule is CN(c1ccccc1)c1cc(N2CCC(C(=O)O)CC2)ncn1. The number of carbonyl (C=O) groups is 1. The molecule has 0 spiro atoms. The third kappa shape index (κ3) is 3.41. The van der Waals surface area contributed by atoms with Crippen molar-refractivity contribution in [3.63, 3.8) is 0 Å². The van der Waals surface area contributed by atoms with Crippen molar-refractivity contribution >= 4 is 23.3 Å². The molecule has 120 valence electrons. The van der Waals surface area contributed by atoms with Gasteiger partial charge in [-0.3, -0.25) is 4.79 Å². The van der Waals surface area contributed by atoms with Crippen LogP contribution in [-0.4, -0.2) is 41.2 Å². The Bertz CT molecular complexity index is 669. The van der Waals surface area contributed by atoms with Crippen LogP contribution < -0.4 is 9.80 Å². The van der Waals surface area contributed by atoms with E-state index >= 15 is 0 Å². The number of aliphatic carboxylic acids is 1. The number of aromatic nitrogens is 2. The average Bonchev–Trinajstić information content (AvgIpc) is 2.62. The number of para-hydroxylation sites is 1. The molecule has 1 aliphatic heterocycles. The Morgan fingerprint density at radius 2 is 1.91 bits per heavy atom. The number of benzene rings is 1. The van der Waals surface area contributed by atoms with Crippen molar-refractivity contribution in [3.8, 4) is 0 Å². The van der Waals surface area contributed by atoms with Crippen LogP contribution in [-0.2, 0) is 4.79 Å². The Balaban J connectivity index is 1.74. The van der Waals surface area contributed by atoms with Crippen LogP contribution in [0.2, 0.25) is 0 Å². The second kappa shape index (κ2) is 6.64. The highest BCUT2D eigenvalue weighted by atomic mass is 16.4. The summed E-state index contributed by atoms with van der Waals surface area (Å²) in [5, 5.41) is 9.09. The summed E-state index contributed by atoms with van der Waals surface area (Å²) in [5.41, 5.74) is 1.06. The summed E-state index contributed by atoms with van der Waals surface area (Å²) < 4.78 is 0. The minimum atomic E-state index is -0.697. The van der Waals surface area contributed by atoms with Crippen LogP contribution in [0.4, 0.5) is 17.3 Å². The summed E-state index contributed by atoms with van der Waals surface area (Å²) in [7, 11) is 1.97. The molecule has 2 aromatic rings. The van der Waals surface area contributed by atoms with E-state index < -0.39 is 5.97 Å². The molecule has 0 unspecified atom stereocenters. The Labute approximate surface area is 135 Å². The minimum absolute atomic E-state index is 0.237. The third-order valence-electron chi connectivity index (χ3n) is 4.29. The molecule has 0 atom stereocenters. The number of piperidine rings is 1.